The molecule has 1 aliphatic carbocycles. The van der Waals surface area contributed by atoms with Gasteiger partial charge in [0.25, 0.3) is 0 Å². The van der Waals surface area contributed by atoms with E-state index in [1.54, 1.807) is 18.2 Å². The third-order valence-electron chi connectivity index (χ3n) is 1.46. The Labute approximate surface area is 71.6 Å². The highest BCUT2D eigenvalue weighted by Gasteiger charge is 2.11. The van der Waals surface area contributed by atoms with Crippen molar-refractivity contribution in [3.63, 3.8) is 0 Å². The van der Waals surface area contributed by atoms with Crippen molar-refractivity contribution in [3.05, 3.63) is 24.3 Å². The normalized spacial score (nSPS) is 22.0. The Morgan fingerprint density at radius 3 is 2.83 bits per heavy atom. The van der Waals surface area contributed by atoms with Crippen molar-refractivity contribution in [1.82, 2.24) is 0 Å². The number of hydrogen-bond acceptors (Lipinski definition) is 4. The van der Waals surface area contributed by atoms with Crippen LogP contribution in [0.4, 0.5) is 0 Å². The van der Waals surface area contributed by atoms with Crippen LogP contribution in [0.1, 0.15) is 0 Å². The SMILES string of the molecule is NN=CC1C=CC=CC1=S(=O)=O. The van der Waals surface area contributed by atoms with E-state index in [9.17, 15) is 8.42 Å². The average Bonchev–Trinajstić information content (AvgIpc) is 2.05. The second-order valence-electron chi connectivity index (χ2n) is 2.21. The summed E-state index contributed by atoms with van der Waals surface area (Å²) in [6.07, 6.45) is 8.02. The topological polar surface area (TPSA) is 72.5 Å². The molecule has 0 aliphatic heterocycles. The third-order valence-corrected chi connectivity index (χ3v) is 2.25. The fourth-order valence-electron chi connectivity index (χ4n) is 0.923. The van der Waals surface area contributed by atoms with Gasteiger partial charge in [-0.1, -0.05) is 18.2 Å². The molecule has 0 amide bonds. The molecule has 1 aliphatic rings. The zero-order valence-electron chi connectivity index (χ0n) is 6.21. The number of hydrogen-bond donors (Lipinski definition) is 1. The van der Waals surface area contributed by atoms with E-state index < -0.39 is 10.3 Å². The minimum Gasteiger partial charge on any atom is -0.324 e. The average molecular weight is 184 g/mol. The highest BCUT2D eigenvalue weighted by atomic mass is 32.2. The second kappa shape index (κ2) is 3.87. The van der Waals surface area contributed by atoms with Gasteiger partial charge in [-0.05, 0) is 6.08 Å². The first-order valence-electron chi connectivity index (χ1n) is 3.30. The van der Waals surface area contributed by atoms with Gasteiger partial charge in [-0.15, -0.1) is 0 Å². The summed E-state index contributed by atoms with van der Waals surface area (Å²) in [4.78, 5) is 0.284. The molecular weight excluding hydrogens is 176 g/mol. The van der Waals surface area contributed by atoms with E-state index in [0.717, 1.165) is 0 Å². The Kier molecular flexibility index (Phi) is 2.82. The van der Waals surface area contributed by atoms with Crippen LogP contribution >= 0.6 is 0 Å². The Bertz CT molecular complexity index is 368. The minimum atomic E-state index is -2.20. The van der Waals surface area contributed by atoms with Gasteiger partial charge in [-0.25, -0.2) is 0 Å². The maximum absolute atomic E-state index is 10.6. The molecule has 0 fully saturated rings. The number of hydrazone groups is 1. The molecule has 0 heterocycles. The molecule has 0 saturated heterocycles. The number of nitrogens with two attached hydrogens (primary N) is 1. The lowest BCUT2D eigenvalue weighted by atomic mass is 10.0. The van der Waals surface area contributed by atoms with Gasteiger partial charge in [-0.2, -0.15) is 13.5 Å². The highest BCUT2D eigenvalue weighted by Crippen LogP contribution is 2.05. The van der Waals surface area contributed by atoms with Crippen LogP contribution in [0, 0.1) is 5.92 Å². The predicted molar refractivity (Wildman–Crippen MR) is 48.4 cm³/mol. The van der Waals surface area contributed by atoms with Gasteiger partial charge in [0, 0.05) is 6.21 Å². The maximum atomic E-state index is 10.6. The molecule has 0 bridgehead atoms. The summed E-state index contributed by atoms with van der Waals surface area (Å²) in [5.74, 6) is 4.60. The van der Waals surface area contributed by atoms with Crippen LogP contribution in [0.3, 0.4) is 0 Å². The van der Waals surface area contributed by atoms with Crippen LogP contribution in [-0.2, 0) is 10.3 Å². The summed E-state index contributed by atoms with van der Waals surface area (Å²) in [6.45, 7) is 0. The lowest BCUT2D eigenvalue weighted by Crippen LogP contribution is -2.15. The largest absolute Gasteiger partial charge is 0.324 e. The lowest BCUT2D eigenvalue weighted by Gasteiger charge is -2.05. The van der Waals surface area contributed by atoms with Crippen molar-refractivity contribution in [3.8, 4) is 0 Å². The van der Waals surface area contributed by atoms with E-state index in [0.29, 0.717) is 0 Å². The van der Waals surface area contributed by atoms with Crippen LogP contribution < -0.4 is 5.84 Å². The molecule has 0 radical (unpaired) electrons. The molecule has 12 heavy (non-hydrogen) atoms. The van der Waals surface area contributed by atoms with Crippen LogP contribution in [0.15, 0.2) is 29.4 Å². The summed E-state index contributed by atoms with van der Waals surface area (Å²) in [5, 5.41) is 3.29. The quantitative estimate of drug-likeness (QED) is 0.264. The van der Waals surface area contributed by atoms with Gasteiger partial charge >= 0.3 is 0 Å². The van der Waals surface area contributed by atoms with Crippen LogP contribution in [0.2, 0.25) is 0 Å². The van der Waals surface area contributed by atoms with E-state index >= 15 is 0 Å². The first kappa shape index (κ1) is 8.73. The summed E-state index contributed by atoms with van der Waals surface area (Å²) in [6, 6.07) is 0. The summed E-state index contributed by atoms with van der Waals surface area (Å²) < 4.78 is 21.2. The lowest BCUT2D eigenvalue weighted by molar-refractivity contribution is 0.626. The standard InChI is InChI=1S/C7H8N2O2S/c8-9-5-6-3-1-2-4-7(6)12(10)11/h1-6H,8H2. The van der Waals surface area contributed by atoms with Crippen molar-refractivity contribution >= 4 is 21.4 Å². The Morgan fingerprint density at radius 2 is 2.25 bits per heavy atom. The van der Waals surface area contributed by atoms with Crippen LogP contribution in [0.5, 0.6) is 0 Å². The summed E-state index contributed by atoms with van der Waals surface area (Å²) in [7, 11) is -2.20. The van der Waals surface area contributed by atoms with Crippen molar-refractivity contribution in [2.75, 3.05) is 0 Å². The molecule has 4 nitrogen and oxygen atoms in total. The third kappa shape index (κ3) is 1.82. The van der Waals surface area contributed by atoms with E-state index in [2.05, 4.69) is 5.10 Å². The van der Waals surface area contributed by atoms with Gasteiger partial charge in [0.2, 0.25) is 10.3 Å². The smallest absolute Gasteiger partial charge is 0.218 e. The van der Waals surface area contributed by atoms with E-state index in [-0.39, 0.29) is 10.8 Å². The molecule has 1 rings (SSSR count). The van der Waals surface area contributed by atoms with E-state index in [1.165, 1.54) is 12.3 Å². The molecule has 0 aromatic carbocycles. The number of nitrogens with zero attached hydrogens (tertiary/aromatic N) is 1. The molecular formula is C7H8N2O2S. The van der Waals surface area contributed by atoms with Crippen molar-refractivity contribution in [2.45, 2.75) is 0 Å². The van der Waals surface area contributed by atoms with Gasteiger partial charge in [0.15, 0.2) is 0 Å². The van der Waals surface area contributed by atoms with Crippen molar-refractivity contribution in [2.24, 2.45) is 16.9 Å². The van der Waals surface area contributed by atoms with Crippen molar-refractivity contribution < 1.29 is 8.42 Å². The van der Waals surface area contributed by atoms with E-state index in [4.69, 9.17) is 5.84 Å². The summed E-state index contributed by atoms with van der Waals surface area (Å²) in [5.41, 5.74) is 0. The highest BCUT2D eigenvalue weighted by molar-refractivity contribution is 7.73. The molecule has 1 unspecified atom stereocenters. The summed E-state index contributed by atoms with van der Waals surface area (Å²) >= 11 is 0. The molecule has 0 spiro atoms. The first-order chi connectivity index (χ1) is 5.75. The molecule has 64 valence electrons. The van der Waals surface area contributed by atoms with Gasteiger partial charge < -0.3 is 5.84 Å². The minimum absolute atomic E-state index is 0.284. The van der Waals surface area contributed by atoms with E-state index in [1.807, 2.05) is 0 Å². The molecule has 5 heteroatoms. The number of allylic oxidation sites excluding steroid dienone is 4. The van der Waals surface area contributed by atoms with Crippen LogP contribution in [-0.4, -0.2) is 19.5 Å². The van der Waals surface area contributed by atoms with Crippen molar-refractivity contribution in [1.29, 1.82) is 0 Å². The fraction of sp³-hybridized carbons (Fsp3) is 0.143. The number of rotatable bonds is 1. The van der Waals surface area contributed by atoms with Crippen LogP contribution in [0.25, 0.3) is 0 Å². The zero-order valence-corrected chi connectivity index (χ0v) is 7.03. The Balaban J connectivity index is 3.10. The monoisotopic (exact) mass is 184 g/mol. The van der Waals surface area contributed by atoms with Gasteiger partial charge in [0.1, 0.15) is 0 Å². The molecule has 0 saturated carbocycles. The fourth-order valence-corrected chi connectivity index (χ4v) is 1.47. The van der Waals surface area contributed by atoms with Gasteiger partial charge in [-0.3, -0.25) is 0 Å². The van der Waals surface area contributed by atoms with Gasteiger partial charge in [0.05, 0.1) is 10.8 Å². The second-order valence-corrected chi connectivity index (χ2v) is 3.15. The Hall–Kier alpha value is -1.36. The molecule has 1 atom stereocenters. The molecule has 0 aromatic rings. The maximum Gasteiger partial charge on any atom is 0.218 e. The zero-order chi connectivity index (χ0) is 8.97. The molecule has 2 N–H and O–H groups in total. The first-order valence-corrected chi connectivity index (χ1v) is 4.37. The predicted octanol–water partition coefficient (Wildman–Crippen LogP) is -0.275. The molecule has 0 aromatic heterocycles. The Morgan fingerprint density at radius 1 is 1.50 bits per heavy atom.